The van der Waals surface area contributed by atoms with Gasteiger partial charge in [-0.1, -0.05) is 11.6 Å². The maximum absolute atomic E-state index is 11.8. The Morgan fingerprint density at radius 1 is 1.72 bits per heavy atom. The Morgan fingerprint density at radius 2 is 2.50 bits per heavy atom. The van der Waals surface area contributed by atoms with Crippen molar-refractivity contribution in [1.29, 1.82) is 0 Å². The maximum Gasteiger partial charge on any atom is 0.269 e. The molecule has 1 fully saturated rings. The number of hydrogen-bond donors (Lipinski definition) is 2. The van der Waals surface area contributed by atoms with Gasteiger partial charge in [-0.15, -0.1) is 0 Å². The minimum atomic E-state index is -0.998. The van der Waals surface area contributed by atoms with Gasteiger partial charge in [-0.3, -0.25) is 4.79 Å². The monoisotopic (exact) mass is 270 g/mol. The van der Waals surface area contributed by atoms with E-state index in [-0.39, 0.29) is 24.2 Å². The molecule has 1 aliphatic rings. The van der Waals surface area contributed by atoms with Crippen molar-refractivity contribution >= 4 is 17.5 Å². The van der Waals surface area contributed by atoms with E-state index in [1.54, 1.807) is 13.0 Å². The highest BCUT2D eigenvalue weighted by Crippen LogP contribution is 2.24. The summed E-state index contributed by atoms with van der Waals surface area (Å²) in [5.41, 5.74) is -0.725. The number of nitrogens with zero attached hydrogens (tertiary/aromatic N) is 1. The number of rotatable bonds is 3. The molecule has 6 heteroatoms. The second-order valence-electron chi connectivity index (χ2n) is 4.41. The summed E-state index contributed by atoms with van der Waals surface area (Å²) in [4.78, 5) is 15.7. The molecule has 1 amide bonds. The molecular formula is C12H15ClN2O3. The van der Waals surface area contributed by atoms with E-state index >= 15 is 0 Å². The average molecular weight is 271 g/mol. The normalized spacial score (nSPS) is 27.2. The van der Waals surface area contributed by atoms with Crippen LogP contribution in [-0.2, 0) is 4.74 Å². The molecule has 0 spiro atoms. The SMILES string of the molecule is CC1OCCC1(O)CNC(=O)c1ccc(Cl)cn1. The molecule has 0 saturated carbocycles. The maximum atomic E-state index is 11.8. The number of hydrogen-bond acceptors (Lipinski definition) is 4. The van der Waals surface area contributed by atoms with Gasteiger partial charge in [0, 0.05) is 25.8 Å². The van der Waals surface area contributed by atoms with Crippen LogP contribution in [0.4, 0.5) is 0 Å². The van der Waals surface area contributed by atoms with Gasteiger partial charge in [0.05, 0.1) is 11.1 Å². The number of amides is 1. The second kappa shape index (κ2) is 5.22. The first-order chi connectivity index (χ1) is 8.51. The molecule has 1 aromatic heterocycles. The van der Waals surface area contributed by atoms with Gasteiger partial charge in [-0.25, -0.2) is 4.98 Å². The Bertz CT molecular complexity index is 437. The molecule has 2 unspecified atom stereocenters. The Balaban J connectivity index is 1.94. The van der Waals surface area contributed by atoms with E-state index in [9.17, 15) is 9.90 Å². The third kappa shape index (κ3) is 2.80. The van der Waals surface area contributed by atoms with Crippen molar-refractivity contribution in [2.24, 2.45) is 0 Å². The van der Waals surface area contributed by atoms with Gasteiger partial charge in [0.2, 0.25) is 0 Å². The largest absolute Gasteiger partial charge is 0.385 e. The van der Waals surface area contributed by atoms with E-state index in [0.717, 1.165) is 0 Å². The van der Waals surface area contributed by atoms with E-state index in [0.29, 0.717) is 18.1 Å². The third-order valence-electron chi connectivity index (χ3n) is 3.17. The lowest BCUT2D eigenvalue weighted by Gasteiger charge is -2.25. The van der Waals surface area contributed by atoms with Crippen LogP contribution in [0.1, 0.15) is 23.8 Å². The molecule has 0 aliphatic carbocycles. The van der Waals surface area contributed by atoms with Gasteiger partial charge in [-0.05, 0) is 19.1 Å². The zero-order chi connectivity index (χ0) is 13.2. The predicted octanol–water partition coefficient (Wildman–Crippen LogP) is 1.00. The summed E-state index contributed by atoms with van der Waals surface area (Å²) in [5.74, 6) is -0.334. The molecular weight excluding hydrogens is 256 g/mol. The first kappa shape index (κ1) is 13.3. The fourth-order valence-corrected chi connectivity index (χ4v) is 1.95. The molecule has 0 radical (unpaired) electrons. The first-order valence-corrected chi connectivity index (χ1v) is 6.13. The quantitative estimate of drug-likeness (QED) is 0.860. The summed E-state index contributed by atoms with van der Waals surface area (Å²) >= 11 is 5.69. The van der Waals surface area contributed by atoms with Crippen molar-refractivity contribution in [1.82, 2.24) is 10.3 Å². The Labute approximate surface area is 110 Å². The number of ether oxygens (including phenoxy) is 1. The Morgan fingerprint density at radius 3 is 3.06 bits per heavy atom. The van der Waals surface area contributed by atoms with Crippen molar-refractivity contribution in [2.75, 3.05) is 13.2 Å². The topological polar surface area (TPSA) is 71.5 Å². The summed E-state index contributed by atoms with van der Waals surface area (Å²) < 4.78 is 5.29. The van der Waals surface area contributed by atoms with Gasteiger partial charge < -0.3 is 15.2 Å². The number of nitrogens with one attached hydrogen (secondary N) is 1. The van der Waals surface area contributed by atoms with Crippen LogP contribution in [0.15, 0.2) is 18.3 Å². The highest BCUT2D eigenvalue weighted by molar-refractivity contribution is 6.30. The number of aromatic nitrogens is 1. The number of halogens is 1. The number of carbonyl (C=O) groups excluding carboxylic acids is 1. The second-order valence-corrected chi connectivity index (χ2v) is 4.85. The lowest BCUT2D eigenvalue weighted by Crippen LogP contribution is -2.47. The number of aliphatic hydroxyl groups is 1. The molecule has 2 rings (SSSR count). The third-order valence-corrected chi connectivity index (χ3v) is 3.40. The smallest absolute Gasteiger partial charge is 0.269 e. The van der Waals surface area contributed by atoms with E-state index in [4.69, 9.17) is 16.3 Å². The Hall–Kier alpha value is -1.17. The molecule has 5 nitrogen and oxygen atoms in total. The molecule has 18 heavy (non-hydrogen) atoms. The summed E-state index contributed by atoms with van der Waals surface area (Å²) in [7, 11) is 0. The molecule has 2 atom stereocenters. The summed E-state index contributed by atoms with van der Waals surface area (Å²) in [6.45, 7) is 2.45. The molecule has 2 N–H and O–H groups in total. The van der Waals surface area contributed by atoms with E-state index in [1.165, 1.54) is 12.3 Å². The lowest BCUT2D eigenvalue weighted by atomic mass is 9.97. The van der Waals surface area contributed by atoms with Gasteiger partial charge in [-0.2, -0.15) is 0 Å². The minimum absolute atomic E-state index is 0.150. The average Bonchev–Trinajstić information content (AvgIpc) is 2.68. The molecule has 1 aromatic rings. The molecule has 98 valence electrons. The number of pyridine rings is 1. The summed E-state index contributed by atoms with van der Waals surface area (Å²) in [6.07, 6.45) is 1.64. The highest BCUT2D eigenvalue weighted by atomic mass is 35.5. The molecule has 1 saturated heterocycles. The van der Waals surface area contributed by atoms with Crippen LogP contribution in [0.3, 0.4) is 0 Å². The molecule has 0 aromatic carbocycles. The minimum Gasteiger partial charge on any atom is -0.385 e. The van der Waals surface area contributed by atoms with Crippen molar-refractivity contribution in [3.63, 3.8) is 0 Å². The lowest BCUT2D eigenvalue weighted by molar-refractivity contribution is -0.0252. The summed E-state index contributed by atoms with van der Waals surface area (Å²) in [5, 5.41) is 13.4. The van der Waals surface area contributed by atoms with Gasteiger partial charge in [0.15, 0.2) is 0 Å². The van der Waals surface area contributed by atoms with Crippen LogP contribution < -0.4 is 5.32 Å². The summed E-state index contributed by atoms with van der Waals surface area (Å²) in [6, 6.07) is 3.13. The van der Waals surface area contributed by atoms with Crippen molar-refractivity contribution in [2.45, 2.75) is 25.0 Å². The van der Waals surface area contributed by atoms with Gasteiger partial charge in [0.25, 0.3) is 5.91 Å². The van der Waals surface area contributed by atoms with Crippen LogP contribution >= 0.6 is 11.6 Å². The Kier molecular flexibility index (Phi) is 3.85. The van der Waals surface area contributed by atoms with Gasteiger partial charge >= 0.3 is 0 Å². The van der Waals surface area contributed by atoms with E-state index in [2.05, 4.69) is 10.3 Å². The standard InChI is InChI=1S/C12H15ClN2O3/c1-8-12(17,4-5-18-8)7-15-11(16)10-3-2-9(13)6-14-10/h2-3,6,8,17H,4-5,7H2,1H3,(H,15,16). The highest BCUT2D eigenvalue weighted by Gasteiger charge is 2.39. The van der Waals surface area contributed by atoms with Gasteiger partial charge in [0.1, 0.15) is 11.3 Å². The molecule has 2 heterocycles. The fourth-order valence-electron chi connectivity index (χ4n) is 1.84. The van der Waals surface area contributed by atoms with Crippen molar-refractivity contribution in [3.8, 4) is 0 Å². The van der Waals surface area contributed by atoms with Crippen LogP contribution in [0.25, 0.3) is 0 Å². The first-order valence-electron chi connectivity index (χ1n) is 5.75. The molecule has 0 bridgehead atoms. The number of carbonyl (C=O) groups is 1. The predicted molar refractivity (Wildman–Crippen MR) is 66.6 cm³/mol. The van der Waals surface area contributed by atoms with Crippen molar-refractivity contribution in [3.05, 3.63) is 29.0 Å². The zero-order valence-corrected chi connectivity index (χ0v) is 10.8. The van der Waals surface area contributed by atoms with E-state index in [1.807, 2.05) is 0 Å². The van der Waals surface area contributed by atoms with Crippen LogP contribution in [0.5, 0.6) is 0 Å². The molecule has 1 aliphatic heterocycles. The van der Waals surface area contributed by atoms with Crippen LogP contribution in [0.2, 0.25) is 5.02 Å². The van der Waals surface area contributed by atoms with Crippen LogP contribution in [0, 0.1) is 0 Å². The fraction of sp³-hybridized carbons (Fsp3) is 0.500. The van der Waals surface area contributed by atoms with E-state index < -0.39 is 5.60 Å². The zero-order valence-electron chi connectivity index (χ0n) is 10.0. The van der Waals surface area contributed by atoms with Crippen LogP contribution in [-0.4, -0.2) is 40.9 Å². The van der Waals surface area contributed by atoms with Crippen molar-refractivity contribution < 1.29 is 14.6 Å².